The number of rotatable bonds is 6. The van der Waals surface area contributed by atoms with Gasteiger partial charge in [-0.25, -0.2) is 0 Å². The Bertz CT molecular complexity index is 550. The maximum absolute atomic E-state index is 12.2. The minimum Gasteiger partial charge on any atom is -0.354 e. The highest BCUT2D eigenvalue weighted by molar-refractivity contribution is 9.10. The molecule has 22 heavy (non-hydrogen) atoms. The Balaban J connectivity index is 1.94. The molecule has 0 bridgehead atoms. The van der Waals surface area contributed by atoms with E-state index < -0.39 is 0 Å². The average molecular weight is 368 g/mol. The Kier molecular flexibility index (Phi) is 5.97. The first kappa shape index (κ1) is 17.0. The summed E-state index contributed by atoms with van der Waals surface area (Å²) in [5.41, 5.74) is 0.823. The second-order valence-electron chi connectivity index (χ2n) is 5.56. The molecule has 2 amide bonds. The molecular formula is C16H22BrN3O2. The largest absolute Gasteiger partial charge is 0.354 e. The van der Waals surface area contributed by atoms with Gasteiger partial charge in [-0.15, -0.1) is 0 Å². The van der Waals surface area contributed by atoms with Crippen LogP contribution in [-0.2, 0) is 9.59 Å². The minimum atomic E-state index is -0.284. The van der Waals surface area contributed by atoms with Gasteiger partial charge >= 0.3 is 0 Å². The molecule has 1 saturated heterocycles. The molecule has 2 atom stereocenters. The summed E-state index contributed by atoms with van der Waals surface area (Å²) in [6.45, 7) is 5.94. The SMILES string of the molecule is CCN[C@H](C)CNC(=O)C1CC(=O)N(c2ccccc2Br)C1. The number of para-hydroxylation sites is 1. The number of carbonyl (C=O) groups is 2. The van der Waals surface area contributed by atoms with Gasteiger partial charge in [0.2, 0.25) is 11.8 Å². The number of benzene rings is 1. The Morgan fingerprint density at radius 1 is 1.45 bits per heavy atom. The summed E-state index contributed by atoms with van der Waals surface area (Å²) in [7, 11) is 0. The lowest BCUT2D eigenvalue weighted by Gasteiger charge is -2.19. The predicted molar refractivity (Wildman–Crippen MR) is 90.8 cm³/mol. The van der Waals surface area contributed by atoms with Crippen LogP contribution in [0.1, 0.15) is 20.3 Å². The molecule has 1 fully saturated rings. The van der Waals surface area contributed by atoms with E-state index in [1.165, 1.54) is 0 Å². The van der Waals surface area contributed by atoms with Crippen LogP contribution in [0.3, 0.4) is 0 Å². The van der Waals surface area contributed by atoms with Crippen LogP contribution in [0.2, 0.25) is 0 Å². The first-order valence-electron chi connectivity index (χ1n) is 7.59. The van der Waals surface area contributed by atoms with E-state index in [1.807, 2.05) is 38.1 Å². The van der Waals surface area contributed by atoms with Crippen molar-refractivity contribution in [2.45, 2.75) is 26.3 Å². The minimum absolute atomic E-state index is 0.00761. The van der Waals surface area contributed by atoms with Crippen LogP contribution in [0, 0.1) is 5.92 Å². The van der Waals surface area contributed by atoms with Gasteiger partial charge in [0.05, 0.1) is 11.6 Å². The fraction of sp³-hybridized carbons (Fsp3) is 0.500. The number of nitrogens with one attached hydrogen (secondary N) is 2. The van der Waals surface area contributed by atoms with E-state index in [9.17, 15) is 9.59 Å². The number of amides is 2. The van der Waals surface area contributed by atoms with Gasteiger partial charge in [0, 0.05) is 30.0 Å². The molecular weight excluding hydrogens is 346 g/mol. The molecule has 0 aliphatic carbocycles. The maximum Gasteiger partial charge on any atom is 0.227 e. The van der Waals surface area contributed by atoms with Gasteiger partial charge in [0.15, 0.2) is 0 Å². The van der Waals surface area contributed by atoms with E-state index in [0.29, 0.717) is 13.1 Å². The first-order valence-corrected chi connectivity index (χ1v) is 8.38. The lowest BCUT2D eigenvalue weighted by atomic mass is 10.1. The summed E-state index contributed by atoms with van der Waals surface area (Å²) in [6, 6.07) is 7.80. The Labute approximate surface area is 139 Å². The van der Waals surface area contributed by atoms with Crippen LogP contribution in [-0.4, -0.2) is 37.5 Å². The number of hydrogen-bond donors (Lipinski definition) is 2. The lowest BCUT2D eigenvalue weighted by Crippen LogP contribution is -2.41. The molecule has 1 aliphatic rings. The van der Waals surface area contributed by atoms with Gasteiger partial charge in [0.1, 0.15) is 0 Å². The fourth-order valence-corrected chi connectivity index (χ4v) is 3.10. The molecule has 6 heteroatoms. The molecule has 120 valence electrons. The zero-order chi connectivity index (χ0) is 16.1. The Morgan fingerprint density at radius 3 is 2.86 bits per heavy atom. The molecule has 1 aromatic carbocycles. The van der Waals surface area contributed by atoms with Crippen LogP contribution in [0.5, 0.6) is 0 Å². The first-order chi connectivity index (χ1) is 10.5. The average Bonchev–Trinajstić information content (AvgIpc) is 2.87. The van der Waals surface area contributed by atoms with E-state index in [1.54, 1.807) is 4.90 Å². The third-order valence-electron chi connectivity index (χ3n) is 3.77. The molecule has 2 N–H and O–H groups in total. The van der Waals surface area contributed by atoms with Gasteiger partial charge in [-0.05, 0) is 41.5 Å². The van der Waals surface area contributed by atoms with Crippen LogP contribution >= 0.6 is 15.9 Å². The molecule has 1 heterocycles. The maximum atomic E-state index is 12.2. The third-order valence-corrected chi connectivity index (χ3v) is 4.44. The number of nitrogens with zero attached hydrogens (tertiary/aromatic N) is 1. The topological polar surface area (TPSA) is 61.4 Å². The van der Waals surface area contributed by atoms with Gasteiger partial charge < -0.3 is 15.5 Å². The molecule has 0 aromatic heterocycles. The second kappa shape index (κ2) is 7.74. The summed E-state index contributed by atoms with van der Waals surface area (Å²) in [4.78, 5) is 26.1. The number of hydrogen-bond acceptors (Lipinski definition) is 3. The summed E-state index contributed by atoms with van der Waals surface area (Å²) in [5, 5.41) is 6.17. The fourth-order valence-electron chi connectivity index (χ4n) is 2.61. The van der Waals surface area contributed by atoms with Crippen molar-refractivity contribution in [2.75, 3.05) is 24.5 Å². The lowest BCUT2D eigenvalue weighted by molar-refractivity contribution is -0.126. The highest BCUT2D eigenvalue weighted by Gasteiger charge is 2.35. The molecule has 5 nitrogen and oxygen atoms in total. The normalized spacial score (nSPS) is 19.3. The Morgan fingerprint density at radius 2 is 2.18 bits per heavy atom. The standard InChI is InChI=1S/C16H22BrN3O2/c1-3-18-11(2)9-19-16(22)12-8-15(21)20(10-12)14-7-5-4-6-13(14)17/h4-7,11-12,18H,3,8-10H2,1-2H3,(H,19,22)/t11-,12?/m1/s1. The van der Waals surface area contributed by atoms with E-state index >= 15 is 0 Å². The molecule has 1 unspecified atom stereocenters. The van der Waals surface area contributed by atoms with Crippen LogP contribution < -0.4 is 15.5 Å². The van der Waals surface area contributed by atoms with Gasteiger partial charge in [-0.1, -0.05) is 19.1 Å². The van der Waals surface area contributed by atoms with Crippen molar-refractivity contribution in [3.05, 3.63) is 28.7 Å². The number of carbonyl (C=O) groups excluding carboxylic acids is 2. The van der Waals surface area contributed by atoms with Crippen molar-refractivity contribution in [1.29, 1.82) is 0 Å². The van der Waals surface area contributed by atoms with Gasteiger partial charge in [0.25, 0.3) is 0 Å². The van der Waals surface area contributed by atoms with E-state index in [-0.39, 0.29) is 30.2 Å². The van der Waals surface area contributed by atoms with E-state index in [4.69, 9.17) is 0 Å². The Hall–Kier alpha value is -1.40. The number of likely N-dealkylation sites (N-methyl/N-ethyl adjacent to an activating group) is 1. The molecule has 1 aromatic rings. The van der Waals surface area contributed by atoms with Crippen molar-refractivity contribution in [2.24, 2.45) is 5.92 Å². The molecule has 0 spiro atoms. The van der Waals surface area contributed by atoms with E-state index in [2.05, 4.69) is 26.6 Å². The molecule has 2 rings (SSSR count). The summed E-state index contributed by atoms with van der Waals surface area (Å²) >= 11 is 3.46. The van der Waals surface area contributed by atoms with Crippen molar-refractivity contribution in [3.63, 3.8) is 0 Å². The number of anilines is 1. The van der Waals surface area contributed by atoms with Crippen LogP contribution in [0.15, 0.2) is 28.7 Å². The molecule has 0 radical (unpaired) electrons. The van der Waals surface area contributed by atoms with Crippen molar-refractivity contribution in [1.82, 2.24) is 10.6 Å². The highest BCUT2D eigenvalue weighted by Crippen LogP contribution is 2.31. The van der Waals surface area contributed by atoms with Gasteiger partial charge in [-0.3, -0.25) is 9.59 Å². The summed E-state index contributed by atoms with van der Waals surface area (Å²) in [6.07, 6.45) is 0.267. The smallest absolute Gasteiger partial charge is 0.227 e. The van der Waals surface area contributed by atoms with Crippen LogP contribution in [0.4, 0.5) is 5.69 Å². The van der Waals surface area contributed by atoms with Crippen LogP contribution in [0.25, 0.3) is 0 Å². The molecule has 0 saturated carbocycles. The van der Waals surface area contributed by atoms with E-state index in [0.717, 1.165) is 16.7 Å². The van der Waals surface area contributed by atoms with Crippen molar-refractivity contribution in [3.8, 4) is 0 Å². The third kappa shape index (κ3) is 4.08. The van der Waals surface area contributed by atoms with Gasteiger partial charge in [-0.2, -0.15) is 0 Å². The summed E-state index contributed by atoms with van der Waals surface area (Å²) < 4.78 is 0.866. The molecule has 1 aliphatic heterocycles. The number of halogens is 1. The monoisotopic (exact) mass is 367 g/mol. The zero-order valence-corrected chi connectivity index (χ0v) is 14.5. The zero-order valence-electron chi connectivity index (χ0n) is 12.9. The van der Waals surface area contributed by atoms with Crippen molar-refractivity contribution < 1.29 is 9.59 Å². The predicted octanol–water partition coefficient (Wildman–Crippen LogP) is 1.92. The quantitative estimate of drug-likeness (QED) is 0.807. The van der Waals surface area contributed by atoms with Crippen molar-refractivity contribution >= 4 is 33.4 Å². The second-order valence-corrected chi connectivity index (χ2v) is 6.42. The summed E-state index contributed by atoms with van der Waals surface area (Å²) in [5.74, 6) is -0.340. The highest BCUT2D eigenvalue weighted by atomic mass is 79.9.